The number of aliphatic hydroxyl groups is 1. The van der Waals surface area contributed by atoms with Crippen LogP contribution in [0, 0.1) is 11.8 Å². The van der Waals surface area contributed by atoms with Gasteiger partial charge in [0, 0.05) is 37.4 Å². The molecule has 1 aromatic rings. The number of hydrogen-bond donors (Lipinski definition) is 2. The Bertz CT molecular complexity index is 506. The van der Waals surface area contributed by atoms with Crippen LogP contribution in [0.15, 0.2) is 18.3 Å². The van der Waals surface area contributed by atoms with Crippen LogP contribution < -0.4 is 10.2 Å². The van der Waals surface area contributed by atoms with Crippen molar-refractivity contribution in [3.63, 3.8) is 0 Å². The fourth-order valence-corrected chi connectivity index (χ4v) is 3.44. The average molecular weight is 275 g/mol. The molecular weight excluding hydrogens is 254 g/mol. The summed E-state index contributed by atoms with van der Waals surface area (Å²) >= 11 is 0. The number of hydrogen-bond acceptors (Lipinski definition) is 4. The summed E-state index contributed by atoms with van der Waals surface area (Å²) in [5.74, 6) is 0.843. The number of aromatic nitrogens is 1. The van der Waals surface area contributed by atoms with Crippen LogP contribution in [0.25, 0.3) is 0 Å². The van der Waals surface area contributed by atoms with Crippen LogP contribution >= 0.6 is 0 Å². The van der Waals surface area contributed by atoms with Crippen LogP contribution in [0.3, 0.4) is 0 Å². The van der Waals surface area contributed by atoms with Crippen molar-refractivity contribution in [3.05, 3.63) is 24.0 Å². The zero-order valence-electron chi connectivity index (χ0n) is 11.7. The molecule has 0 aromatic carbocycles. The lowest BCUT2D eigenvalue weighted by atomic mass is 10.00. The lowest BCUT2D eigenvalue weighted by molar-refractivity contribution is 0.0951. The molecule has 2 fully saturated rings. The summed E-state index contributed by atoms with van der Waals surface area (Å²) in [5.41, 5.74) is 1.49. The highest BCUT2D eigenvalue weighted by atomic mass is 16.3. The SMILES string of the molecule is CCNC(=O)c1cc(N2CC3CCC(O)C3C2)ccn1. The van der Waals surface area contributed by atoms with Crippen molar-refractivity contribution in [2.45, 2.75) is 25.9 Å². The highest BCUT2D eigenvalue weighted by molar-refractivity contribution is 5.93. The first-order chi connectivity index (χ1) is 9.69. The van der Waals surface area contributed by atoms with E-state index < -0.39 is 0 Å². The Morgan fingerprint density at radius 2 is 2.35 bits per heavy atom. The van der Waals surface area contributed by atoms with E-state index in [2.05, 4.69) is 15.2 Å². The third-order valence-electron chi connectivity index (χ3n) is 4.50. The third-order valence-corrected chi connectivity index (χ3v) is 4.50. The van der Waals surface area contributed by atoms with E-state index in [1.54, 1.807) is 6.20 Å². The highest BCUT2D eigenvalue weighted by Gasteiger charge is 2.41. The molecule has 3 atom stereocenters. The summed E-state index contributed by atoms with van der Waals surface area (Å²) < 4.78 is 0. The number of amides is 1. The van der Waals surface area contributed by atoms with Gasteiger partial charge in [-0.15, -0.1) is 0 Å². The van der Waals surface area contributed by atoms with Crippen LogP contribution in [-0.4, -0.2) is 41.7 Å². The van der Waals surface area contributed by atoms with Crippen LogP contribution in [0.1, 0.15) is 30.3 Å². The van der Waals surface area contributed by atoms with Gasteiger partial charge < -0.3 is 15.3 Å². The molecule has 1 saturated carbocycles. The van der Waals surface area contributed by atoms with E-state index in [0.717, 1.165) is 31.6 Å². The topological polar surface area (TPSA) is 65.5 Å². The number of carbonyl (C=O) groups excluding carboxylic acids is 1. The Labute approximate surface area is 119 Å². The van der Waals surface area contributed by atoms with Crippen LogP contribution in [0.5, 0.6) is 0 Å². The predicted octanol–water partition coefficient (Wildman–Crippen LogP) is 1.04. The Kier molecular flexibility index (Phi) is 3.61. The summed E-state index contributed by atoms with van der Waals surface area (Å²) in [5, 5.41) is 12.7. The first-order valence-electron chi connectivity index (χ1n) is 7.36. The lowest BCUT2D eigenvalue weighted by Crippen LogP contribution is -2.26. The van der Waals surface area contributed by atoms with Gasteiger partial charge in [0.05, 0.1) is 6.10 Å². The molecule has 5 nitrogen and oxygen atoms in total. The second-order valence-electron chi connectivity index (χ2n) is 5.73. The normalized spacial score (nSPS) is 28.5. The molecule has 1 amide bonds. The monoisotopic (exact) mass is 275 g/mol. The molecule has 2 N–H and O–H groups in total. The van der Waals surface area contributed by atoms with E-state index in [0.29, 0.717) is 24.1 Å². The zero-order valence-corrected chi connectivity index (χ0v) is 11.7. The molecule has 3 rings (SSSR count). The minimum Gasteiger partial charge on any atom is -0.393 e. The largest absolute Gasteiger partial charge is 0.393 e. The number of pyridine rings is 1. The number of fused-ring (bicyclic) bond motifs is 1. The molecule has 2 heterocycles. The first kappa shape index (κ1) is 13.4. The third kappa shape index (κ3) is 2.38. The van der Waals surface area contributed by atoms with Gasteiger partial charge in [0.2, 0.25) is 0 Å². The van der Waals surface area contributed by atoms with Crippen molar-refractivity contribution in [1.29, 1.82) is 0 Å². The van der Waals surface area contributed by atoms with Crippen molar-refractivity contribution in [3.8, 4) is 0 Å². The molecule has 1 aliphatic heterocycles. The zero-order chi connectivity index (χ0) is 14.1. The first-order valence-corrected chi connectivity index (χ1v) is 7.36. The number of rotatable bonds is 3. The summed E-state index contributed by atoms with van der Waals surface area (Å²) in [6.07, 6.45) is 3.57. The van der Waals surface area contributed by atoms with Crippen molar-refractivity contribution < 1.29 is 9.90 Å². The number of carbonyl (C=O) groups is 1. The molecule has 1 aliphatic carbocycles. The van der Waals surface area contributed by atoms with Crippen LogP contribution in [0.2, 0.25) is 0 Å². The molecule has 20 heavy (non-hydrogen) atoms. The molecule has 0 bridgehead atoms. The van der Waals surface area contributed by atoms with E-state index in [9.17, 15) is 9.90 Å². The lowest BCUT2D eigenvalue weighted by Gasteiger charge is -2.20. The van der Waals surface area contributed by atoms with Crippen LogP contribution in [0.4, 0.5) is 5.69 Å². The van der Waals surface area contributed by atoms with Gasteiger partial charge in [0.15, 0.2) is 0 Å². The van der Waals surface area contributed by atoms with Crippen molar-refractivity contribution in [1.82, 2.24) is 10.3 Å². The number of nitrogens with one attached hydrogen (secondary N) is 1. The van der Waals surface area contributed by atoms with Gasteiger partial charge in [0.25, 0.3) is 5.91 Å². The van der Waals surface area contributed by atoms with E-state index in [1.807, 2.05) is 19.1 Å². The van der Waals surface area contributed by atoms with Gasteiger partial charge in [-0.3, -0.25) is 9.78 Å². The fraction of sp³-hybridized carbons (Fsp3) is 0.600. The number of anilines is 1. The molecule has 0 radical (unpaired) electrons. The predicted molar refractivity (Wildman–Crippen MR) is 76.7 cm³/mol. The van der Waals surface area contributed by atoms with Crippen LogP contribution in [-0.2, 0) is 0 Å². The Morgan fingerprint density at radius 1 is 1.50 bits per heavy atom. The molecule has 1 saturated heterocycles. The quantitative estimate of drug-likeness (QED) is 0.865. The Morgan fingerprint density at radius 3 is 3.10 bits per heavy atom. The maximum absolute atomic E-state index is 11.8. The highest BCUT2D eigenvalue weighted by Crippen LogP contribution is 2.39. The van der Waals surface area contributed by atoms with Gasteiger partial charge in [-0.05, 0) is 37.8 Å². The standard InChI is InChI=1S/C15H21N3O2/c1-2-16-15(20)13-7-11(5-6-17-13)18-8-10-3-4-14(19)12(10)9-18/h5-7,10,12,14,19H,2-4,8-9H2,1H3,(H,16,20). The number of aliphatic hydroxyl groups excluding tert-OH is 1. The summed E-state index contributed by atoms with van der Waals surface area (Å²) in [7, 11) is 0. The molecular formula is C15H21N3O2. The minimum atomic E-state index is -0.158. The maximum Gasteiger partial charge on any atom is 0.269 e. The summed E-state index contributed by atoms with van der Waals surface area (Å²) in [6.45, 7) is 4.35. The molecule has 108 valence electrons. The van der Waals surface area contributed by atoms with Gasteiger partial charge >= 0.3 is 0 Å². The van der Waals surface area contributed by atoms with Crippen molar-refractivity contribution in [2.75, 3.05) is 24.5 Å². The Hall–Kier alpha value is -1.62. The fourth-order valence-electron chi connectivity index (χ4n) is 3.44. The van der Waals surface area contributed by atoms with Crippen molar-refractivity contribution >= 4 is 11.6 Å². The molecule has 1 aromatic heterocycles. The minimum absolute atomic E-state index is 0.131. The smallest absolute Gasteiger partial charge is 0.269 e. The Balaban J connectivity index is 1.75. The average Bonchev–Trinajstić information content (AvgIpc) is 3.02. The second kappa shape index (κ2) is 5.40. The summed E-state index contributed by atoms with van der Waals surface area (Å²) in [6, 6.07) is 3.79. The second-order valence-corrected chi connectivity index (χ2v) is 5.73. The summed E-state index contributed by atoms with van der Waals surface area (Å²) in [4.78, 5) is 18.2. The number of nitrogens with zero attached hydrogens (tertiary/aromatic N) is 2. The van der Waals surface area contributed by atoms with Crippen molar-refractivity contribution in [2.24, 2.45) is 11.8 Å². The van der Waals surface area contributed by atoms with E-state index in [4.69, 9.17) is 0 Å². The van der Waals surface area contributed by atoms with Gasteiger partial charge in [-0.1, -0.05) is 0 Å². The van der Waals surface area contributed by atoms with E-state index in [1.165, 1.54) is 0 Å². The molecule has 5 heteroatoms. The maximum atomic E-state index is 11.8. The molecule has 2 aliphatic rings. The van der Waals surface area contributed by atoms with Gasteiger partial charge in [-0.2, -0.15) is 0 Å². The van der Waals surface area contributed by atoms with E-state index in [-0.39, 0.29) is 12.0 Å². The van der Waals surface area contributed by atoms with Gasteiger partial charge in [-0.25, -0.2) is 0 Å². The molecule has 0 spiro atoms. The molecule has 3 unspecified atom stereocenters. The van der Waals surface area contributed by atoms with E-state index >= 15 is 0 Å². The van der Waals surface area contributed by atoms with Gasteiger partial charge in [0.1, 0.15) is 5.69 Å².